The smallest absolute Gasteiger partial charge is 0.200 e. The van der Waals surface area contributed by atoms with Gasteiger partial charge < -0.3 is 10.3 Å². The second-order valence-electron chi connectivity index (χ2n) is 4.31. The molecule has 2 N–H and O–H groups in total. The Labute approximate surface area is 106 Å². The molecule has 0 saturated heterocycles. The minimum Gasteiger partial charge on any atom is -0.369 e. The standard InChI is InChI=1S/C13H16ClN3/c1-8-4-5-11(14)6-10(8)7-12-9(2)16-13(15)17(12)3/h4-6H,7H2,1-3H3,(H2,15,16). The third-order valence-electron chi connectivity index (χ3n) is 3.12. The lowest BCUT2D eigenvalue weighted by molar-refractivity contribution is 0.851. The van der Waals surface area contributed by atoms with Gasteiger partial charge in [0.2, 0.25) is 0 Å². The maximum absolute atomic E-state index is 6.02. The van der Waals surface area contributed by atoms with Crippen LogP contribution in [0.15, 0.2) is 18.2 Å². The predicted octanol–water partition coefficient (Wildman–Crippen LogP) is 2.86. The van der Waals surface area contributed by atoms with E-state index in [-0.39, 0.29) is 0 Å². The van der Waals surface area contributed by atoms with Gasteiger partial charge in [-0.05, 0) is 37.1 Å². The highest BCUT2D eigenvalue weighted by Crippen LogP contribution is 2.21. The molecule has 1 heterocycles. The first-order valence-electron chi connectivity index (χ1n) is 5.51. The van der Waals surface area contributed by atoms with Crippen LogP contribution in [0.25, 0.3) is 0 Å². The molecule has 4 heteroatoms. The van der Waals surface area contributed by atoms with E-state index in [1.165, 1.54) is 11.1 Å². The van der Waals surface area contributed by atoms with Gasteiger partial charge in [-0.3, -0.25) is 0 Å². The number of anilines is 1. The summed E-state index contributed by atoms with van der Waals surface area (Å²) in [5, 5.41) is 0.762. The molecule has 0 aliphatic carbocycles. The number of nitrogens with two attached hydrogens (primary N) is 1. The molecule has 1 aromatic heterocycles. The third kappa shape index (κ3) is 2.29. The number of benzene rings is 1. The Morgan fingerprint density at radius 1 is 1.35 bits per heavy atom. The van der Waals surface area contributed by atoms with Gasteiger partial charge in [0, 0.05) is 24.2 Å². The van der Waals surface area contributed by atoms with Crippen LogP contribution in [0.1, 0.15) is 22.5 Å². The van der Waals surface area contributed by atoms with Gasteiger partial charge in [0.25, 0.3) is 0 Å². The molecule has 2 rings (SSSR count). The SMILES string of the molecule is Cc1ccc(Cl)cc1Cc1c(C)nc(N)n1C. The molecule has 17 heavy (non-hydrogen) atoms. The van der Waals surface area contributed by atoms with Crippen LogP contribution in [0.4, 0.5) is 5.95 Å². The summed E-state index contributed by atoms with van der Waals surface area (Å²) in [5.74, 6) is 0.553. The molecule has 0 unspecified atom stereocenters. The summed E-state index contributed by atoms with van der Waals surface area (Å²) >= 11 is 6.02. The van der Waals surface area contributed by atoms with Crippen molar-refractivity contribution in [2.75, 3.05) is 5.73 Å². The monoisotopic (exact) mass is 249 g/mol. The average Bonchev–Trinajstić information content (AvgIpc) is 2.50. The molecular formula is C13H16ClN3. The summed E-state index contributed by atoms with van der Waals surface area (Å²) in [7, 11) is 1.94. The van der Waals surface area contributed by atoms with E-state index in [4.69, 9.17) is 17.3 Å². The topological polar surface area (TPSA) is 43.8 Å². The Kier molecular flexibility index (Phi) is 3.11. The minimum absolute atomic E-state index is 0.553. The molecule has 0 spiro atoms. The lowest BCUT2D eigenvalue weighted by Gasteiger charge is -2.08. The average molecular weight is 250 g/mol. The van der Waals surface area contributed by atoms with Crippen molar-refractivity contribution < 1.29 is 0 Å². The number of aryl methyl sites for hydroxylation is 2. The van der Waals surface area contributed by atoms with E-state index in [0.717, 1.165) is 22.8 Å². The van der Waals surface area contributed by atoms with E-state index in [1.807, 2.05) is 36.7 Å². The Bertz CT molecular complexity index is 558. The fraction of sp³-hybridized carbons (Fsp3) is 0.308. The molecule has 0 radical (unpaired) electrons. The zero-order valence-electron chi connectivity index (χ0n) is 10.3. The van der Waals surface area contributed by atoms with Crippen molar-refractivity contribution in [1.29, 1.82) is 0 Å². The van der Waals surface area contributed by atoms with Crippen molar-refractivity contribution in [3.8, 4) is 0 Å². The fourth-order valence-corrected chi connectivity index (χ4v) is 2.14. The Morgan fingerprint density at radius 3 is 2.65 bits per heavy atom. The molecule has 0 bridgehead atoms. The molecule has 0 aliphatic heterocycles. The van der Waals surface area contributed by atoms with Crippen LogP contribution in [-0.2, 0) is 13.5 Å². The van der Waals surface area contributed by atoms with Crippen molar-refractivity contribution in [2.45, 2.75) is 20.3 Å². The van der Waals surface area contributed by atoms with Gasteiger partial charge in [0.05, 0.1) is 5.69 Å². The van der Waals surface area contributed by atoms with Gasteiger partial charge in [-0.2, -0.15) is 0 Å². The summed E-state index contributed by atoms with van der Waals surface area (Å²) in [6, 6.07) is 5.94. The van der Waals surface area contributed by atoms with Gasteiger partial charge in [-0.15, -0.1) is 0 Å². The molecule has 0 amide bonds. The fourth-order valence-electron chi connectivity index (χ4n) is 1.95. The van der Waals surface area contributed by atoms with Crippen molar-refractivity contribution in [3.05, 3.63) is 45.7 Å². The summed E-state index contributed by atoms with van der Waals surface area (Å²) in [4.78, 5) is 4.27. The number of hydrogen-bond acceptors (Lipinski definition) is 2. The second-order valence-corrected chi connectivity index (χ2v) is 4.75. The van der Waals surface area contributed by atoms with Gasteiger partial charge in [0.1, 0.15) is 0 Å². The number of hydrogen-bond donors (Lipinski definition) is 1. The van der Waals surface area contributed by atoms with Crippen LogP contribution in [-0.4, -0.2) is 9.55 Å². The van der Waals surface area contributed by atoms with Gasteiger partial charge in [-0.1, -0.05) is 17.7 Å². The lowest BCUT2D eigenvalue weighted by atomic mass is 10.0. The number of nitrogen functional groups attached to an aromatic ring is 1. The van der Waals surface area contributed by atoms with Crippen LogP contribution in [0.3, 0.4) is 0 Å². The number of aromatic nitrogens is 2. The normalized spacial score (nSPS) is 10.8. The first kappa shape index (κ1) is 12.0. The maximum atomic E-state index is 6.02. The van der Waals surface area contributed by atoms with Crippen LogP contribution >= 0.6 is 11.6 Å². The van der Waals surface area contributed by atoms with E-state index in [1.54, 1.807) is 0 Å². The summed E-state index contributed by atoms with van der Waals surface area (Å²) in [6.45, 7) is 4.06. The van der Waals surface area contributed by atoms with Crippen LogP contribution in [0, 0.1) is 13.8 Å². The largest absolute Gasteiger partial charge is 0.369 e. The quantitative estimate of drug-likeness (QED) is 0.890. The molecule has 0 saturated carbocycles. The number of rotatable bonds is 2. The summed E-state index contributed by atoms with van der Waals surface area (Å²) in [6.07, 6.45) is 0.804. The van der Waals surface area contributed by atoms with E-state index >= 15 is 0 Å². The van der Waals surface area contributed by atoms with Crippen molar-refractivity contribution >= 4 is 17.5 Å². The predicted molar refractivity (Wildman–Crippen MR) is 71.4 cm³/mol. The van der Waals surface area contributed by atoms with Gasteiger partial charge in [-0.25, -0.2) is 4.98 Å². The molecule has 90 valence electrons. The maximum Gasteiger partial charge on any atom is 0.200 e. The zero-order valence-corrected chi connectivity index (χ0v) is 11.0. The van der Waals surface area contributed by atoms with Crippen molar-refractivity contribution in [3.63, 3.8) is 0 Å². The van der Waals surface area contributed by atoms with E-state index in [0.29, 0.717) is 5.95 Å². The molecular weight excluding hydrogens is 234 g/mol. The minimum atomic E-state index is 0.553. The van der Waals surface area contributed by atoms with E-state index in [2.05, 4.69) is 11.9 Å². The lowest BCUT2D eigenvalue weighted by Crippen LogP contribution is -2.03. The van der Waals surface area contributed by atoms with Gasteiger partial charge >= 0.3 is 0 Å². The second kappa shape index (κ2) is 4.41. The molecule has 2 aromatic rings. The first-order chi connectivity index (χ1) is 7.99. The molecule has 0 atom stereocenters. The Hall–Kier alpha value is -1.48. The first-order valence-corrected chi connectivity index (χ1v) is 5.89. The van der Waals surface area contributed by atoms with Crippen LogP contribution < -0.4 is 5.73 Å². The highest BCUT2D eigenvalue weighted by molar-refractivity contribution is 6.30. The van der Waals surface area contributed by atoms with E-state index < -0.39 is 0 Å². The molecule has 3 nitrogen and oxygen atoms in total. The number of nitrogens with zero attached hydrogens (tertiary/aromatic N) is 2. The molecule has 1 aromatic carbocycles. The third-order valence-corrected chi connectivity index (χ3v) is 3.35. The van der Waals surface area contributed by atoms with Gasteiger partial charge in [0.15, 0.2) is 5.95 Å². The number of halogens is 1. The Balaban J connectivity index is 2.41. The van der Waals surface area contributed by atoms with Crippen LogP contribution in [0.5, 0.6) is 0 Å². The highest BCUT2D eigenvalue weighted by atomic mass is 35.5. The van der Waals surface area contributed by atoms with Crippen molar-refractivity contribution in [1.82, 2.24) is 9.55 Å². The highest BCUT2D eigenvalue weighted by Gasteiger charge is 2.11. The van der Waals surface area contributed by atoms with E-state index in [9.17, 15) is 0 Å². The van der Waals surface area contributed by atoms with Crippen LogP contribution in [0.2, 0.25) is 5.02 Å². The number of imidazole rings is 1. The Morgan fingerprint density at radius 2 is 2.06 bits per heavy atom. The zero-order chi connectivity index (χ0) is 12.6. The summed E-state index contributed by atoms with van der Waals surface area (Å²) < 4.78 is 1.93. The molecule has 0 fully saturated rings. The summed E-state index contributed by atoms with van der Waals surface area (Å²) in [5.41, 5.74) is 10.3. The van der Waals surface area contributed by atoms with Crippen molar-refractivity contribution in [2.24, 2.45) is 7.05 Å². The molecule has 0 aliphatic rings.